The molecule has 0 unspecified atom stereocenters. The highest BCUT2D eigenvalue weighted by Gasteiger charge is 2.33. The van der Waals surface area contributed by atoms with Crippen LogP contribution in [0.2, 0.25) is 5.02 Å². The summed E-state index contributed by atoms with van der Waals surface area (Å²) in [5, 5.41) is 8.42. The summed E-state index contributed by atoms with van der Waals surface area (Å²) in [5.74, 6) is 0.846. The van der Waals surface area contributed by atoms with Crippen LogP contribution in [0.4, 0.5) is 5.82 Å². The fourth-order valence-corrected chi connectivity index (χ4v) is 5.82. The third-order valence-corrected chi connectivity index (χ3v) is 7.95. The molecule has 5 rings (SSSR count). The van der Waals surface area contributed by atoms with Gasteiger partial charge in [0.25, 0.3) is 11.8 Å². The van der Waals surface area contributed by atoms with Crippen LogP contribution in [0.25, 0.3) is 5.65 Å². The number of ether oxygens (including phenoxy) is 1. The Kier molecular flexibility index (Phi) is 8.46. The topological polar surface area (TPSA) is 95.3 Å². The quantitative estimate of drug-likeness (QED) is 0.515. The van der Waals surface area contributed by atoms with Crippen LogP contribution >= 0.6 is 11.6 Å². The third-order valence-electron chi connectivity index (χ3n) is 7.71. The minimum absolute atomic E-state index is 0.183. The number of aryl methyl sites for hydroxylation is 1. The number of hydrogen-bond acceptors (Lipinski definition) is 7. The summed E-state index contributed by atoms with van der Waals surface area (Å²) < 4.78 is 7.74. The Morgan fingerprint density at radius 3 is 2.80 bits per heavy atom. The first kappa shape index (κ1) is 28.2. The number of halogens is 1. The van der Waals surface area contributed by atoms with E-state index in [0.29, 0.717) is 36.0 Å². The molecule has 214 valence electrons. The van der Waals surface area contributed by atoms with Gasteiger partial charge in [-0.3, -0.25) is 9.59 Å². The van der Waals surface area contributed by atoms with Gasteiger partial charge in [0.05, 0.1) is 17.3 Å². The van der Waals surface area contributed by atoms with Crippen molar-refractivity contribution in [3.8, 4) is 5.75 Å². The van der Waals surface area contributed by atoms with Gasteiger partial charge in [-0.1, -0.05) is 11.6 Å². The molecular weight excluding hydrogens is 530 g/mol. The Bertz CT molecular complexity index is 1410. The van der Waals surface area contributed by atoms with Gasteiger partial charge in [0.15, 0.2) is 12.3 Å². The van der Waals surface area contributed by atoms with Crippen LogP contribution in [0.3, 0.4) is 0 Å². The van der Waals surface area contributed by atoms with Crippen molar-refractivity contribution in [1.82, 2.24) is 29.7 Å². The van der Waals surface area contributed by atoms with Crippen molar-refractivity contribution in [3.05, 3.63) is 51.8 Å². The second-order valence-electron chi connectivity index (χ2n) is 11.0. The van der Waals surface area contributed by atoms with Crippen molar-refractivity contribution in [1.29, 1.82) is 0 Å². The number of fused-ring (bicyclic) bond motifs is 4. The number of hydrogen-bond donors (Lipinski definition) is 1. The van der Waals surface area contributed by atoms with Gasteiger partial charge in [-0.25, -0.2) is 4.98 Å². The first-order valence-electron chi connectivity index (χ1n) is 14.0. The van der Waals surface area contributed by atoms with Gasteiger partial charge in [0.1, 0.15) is 11.6 Å². The molecule has 2 aromatic heterocycles. The van der Waals surface area contributed by atoms with E-state index in [1.54, 1.807) is 18.2 Å². The lowest BCUT2D eigenvalue weighted by atomic mass is 9.98. The Balaban J connectivity index is 1.62. The highest BCUT2D eigenvalue weighted by atomic mass is 35.5. The first-order valence-corrected chi connectivity index (χ1v) is 14.4. The predicted molar refractivity (Wildman–Crippen MR) is 155 cm³/mol. The molecule has 1 saturated heterocycles. The Hall–Kier alpha value is -3.37. The van der Waals surface area contributed by atoms with Crippen LogP contribution < -0.4 is 15.0 Å². The smallest absolute Gasteiger partial charge is 0.258 e. The van der Waals surface area contributed by atoms with Crippen LogP contribution in [0.1, 0.15) is 59.0 Å². The molecule has 1 aromatic carbocycles. The van der Waals surface area contributed by atoms with Crippen LogP contribution in [0.5, 0.6) is 5.75 Å². The van der Waals surface area contributed by atoms with Crippen molar-refractivity contribution in [3.63, 3.8) is 0 Å². The second kappa shape index (κ2) is 12.0. The number of carbonyl (C=O) groups excluding carboxylic acids is 2. The first-order chi connectivity index (χ1) is 19.2. The van der Waals surface area contributed by atoms with Crippen molar-refractivity contribution in [2.45, 2.75) is 45.1 Å². The SMILES string of the molecule is Cc1c(CCCN(C)C)nc2cc3nn2c1N(C)CCNC(=O)COc1ccc(Cl)cc1C(=O)N1CCCC[C@@H]31. The molecule has 0 spiro atoms. The molecule has 1 atom stereocenters. The van der Waals surface area contributed by atoms with Crippen molar-refractivity contribution >= 4 is 34.9 Å². The normalized spacial score (nSPS) is 18.6. The summed E-state index contributed by atoms with van der Waals surface area (Å²) in [5.41, 5.74) is 4.04. The third kappa shape index (κ3) is 5.88. The molecule has 1 N–H and O–H groups in total. The molecule has 0 saturated carbocycles. The zero-order chi connectivity index (χ0) is 28.4. The zero-order valence-corrected chi connectivity index (χ0v) is 24.5. The summed E-state index contributed by atoms with van der Waals surface area (Å²) >= 11 is 6.30. The molecule has 10 nitrogen and oxygen atoms in total. The van der Waals surface area contributed by atoms with Gasteiger partial charge in [0, 0.05) is 49.0 Å². The monoisotopic (exact) mass is 567 g/mol. The highest BCUT2D eigenvalue weighted by Crippen LogP contribution is 2.35. The number of likely N-dealkylation sites (N-methyl/N-ethyl adjacent to an activating group) is 1. The maximum absolute atomic E-state index is 14.0. The standard InChI is InChI=1S/C29H38ClN7O3/c1-19-22(8-7-13-34(2)3)32-26-17-23-24-9-5-6-14-36(24)29(39)21-16-20(30)10-11-25(21)40-18-27(38)31-12-15-35(4)28(19)37(26)33-23/h10-11,16-17,24H,5-9,12-15,18H2,1-4H3,(H,31,38)/t24-/m0/s1. The van der Waals surface area contributed by atoms with Gasteiger partial charge in [-0.15, -0.1) is 0 Å². The number of aromatic nitrogens is 3. The number of nitrogens with zero attached hydrogens (tertiary/aromatic N) is 6. The highest BCUT2D eigenvalue weighted by molar-refractivity contribution is 6.31. The van der Waals surface area contributed by atoms with Gasteiger partial charge in [0.2, 0.25) is 0 Å². The molecule has 4 heterocycles. The fourth-order valence-electron chi connectivity index (χ4n) is 5.65. The molecule has 3 aromatic rings. The fraction of sp³-hybridized carbons (Fsp3) is 0.517. The van der Waals surface area contributed by atoms with E-state index in [9.17, 15) is 9.59 Å². The van der Waals surface area contributed by atoms with Gasteiger partial charge >= 0.3 is 0 Å². The number of carbonyl (C=O) groups is 2. The number of anilines is 1. The summed E-state index contributed by atoms with van der Waals surface area (Å²) in [6.45, 7) is 4.48. The molecule has 2 bridgehead atoms. The van der Waals surface area contributed by atoms with Crippen LogP contribution in [0.15, 0.2) is 24.3 Å². The number of nitrogens with one attached hydrogen (secondary N) is 1. The lowest BCUT2D eigenvalue weighted by Crippen LogP contribution is -2.39. The molecule has 40 heavy (non-hydrogen) atoms. The minimum atomic E-state index is -0.257. The van der Waals surface area contributed by atoms with Crippen molar-refractivity contribution in [2.75, 3.05) is 58.8 Å². The van der Waals surface area contributed by atoms with Gasteiger partial charge in [-0.05, 0) is 77.9 Å². The molecule has 2 amide bonds. The van der Waals surface area contributed by atoms with E-state index in [-0.39, 0.29) is 24.5 Å². The molecule has 2 aliphatic heterocycles. The van der Waals surface area contributed by atoms with Gasteiger partial charge < -0.3 is 24.8 Å². The maximum atomic E-state index is 14.0. The van der Waals surface area contributed by atoms with E-state index in [4.69, 9.17) is 26.4 Å². The number of benzene rings is 1. The lowest BCUT2D eigenvalue weighted by molar-refractivity contribution is -0.123. The van der Waals surface area contributed by atoms with E-state index in [0.717, 1.165) is 67.1 Å². The van der Waals surface area contributed by atoms with E-state index in [2.05, 4.69) is 36.1 Å². The van der Waals surface area contributed by atoms with Crippen LogP contribution in [-0.2, 0) is 11.2 Å². The van der Waals surface area contributed by atoms with Crippen molar-refractivity contribution < 1.29 is 14.3 Å². The number of rotatable bonds is 4. The van der Waals surface area contributed by atoms with Crippen molar-refractivity contribution in [2.24, 2.45) is 0 Å². The summed E-state index contributed by atoms with van der Waals surface area (Å²) in [4.78, 5) is 37.8. The van der Waals surface area contributed by atoms with Gasteiger partial charge in [-0.2, -0.15) is 9.61 Å². The molecule has 1 fully saturated rings. The molecular formula is C29H38ClN7O3. The average molecular weight is 568 g/mol. The van der Waals surface area contributed by atoms with E-state index >= 15 is 0 Å². The van der Waals surface area contributed by atoms with Crippen LogP contribution in [-0.4, -0.2) is 90.1 Å². The number of amides is 2. The molecule has 0 radical (unpaired) electrons. The number of piperidine rings is 1. The Morgan fingerprint density at radius 2 is 2.00 bits per heavy atom. The predicted octanol–water partition coefficient (Wildman–Crippen LogP) is 3.50. The average Bonchev–Trinajstić information content (AvgIpc) is 3.34. The Labute approximate surface area is 240 Å². The minimum Gasteiger partial charge on any atom is -0.483 e. The van der Waals surface area contributed by atoms with E-state index in [1.807, 2.05) is 22.5 Å². The van der Waals surface area contributed by atoms with E-state index < -0.39 is 0 Å². The second-order valence-corrected chi connectivity index (χ2v) is 11.4. The Morgan fingerprint density at radius 1 is 1.18 bits per heavy atom. The molecule has 0 aliphatic carbocycles. The lowest BCUT2D eigenvalue weighted by Gasteiger charge is -2.35. The molecule has 11 heteroatoms. The summed E-state index contributed by atoms with van der Waals surface area (Å²) in [6.07, 6.45) is 4.53. The maximum Gasteiger partial charge on any atom is 0.258 e. The summed E-state index contributed by atoms with van der Waals surface area (Å²) in [6, 6.07) is 6.76. The van der Waals surface area contributed by atoms with Crippen LogP contribution in [0, 0.1) is 6.92 Å². The zero-order valence-electron chi connectivity index (χ0n) is 23.7. The molecule has 2 aliphatic rings. The largest absolute Gasteiger partial charge is 0.483 e. The van der Waals surface area contributed by atoms with E-state index in [1.165, 1.54) is 0 Å². The summed E-state index contributed by atoms with van der Waals surface area (Å²) in [7, 11) is 6.16.